The summed E-state index contributed by atoms with van der Waals surface area (Å²) in [5.41, 5.74) is 4.12. The van der Waals surface area contributed by atoms with Gasteiger partial charge in [0.1, 0.15) is 5.75 Å². The molecule has 5 heteroatoms. The fourth-order valence-corrected chi connectivity index (χ4v) is 3.13. The molecule has 128 valence electrons. The molecule has 2 N–H and O–H groups in total. The summed E-state index contributed by atoms with van der Waals surface area (Å²) in [5, 5.41) is 20.4. The molecule has 1 saturated heterocycles. The number of hydrogen-bond acceptors (Lipinski definition) is 5. The first-order valence-electron chi connectivity index (χ1n) is 8.34. The van der Waals surface area contributed by atoms with Crippen LogP contribution in [0.5, 0.6) is 5.75 Å². The number of benzene rings is 1. The zero-order chi connectivity index (χ0) is 16.9. The summed E-state index contributed by atoms with van der Waals surface area (Å²) in [4.78, 5) is 6.78. The Kier molecular flexibility index (Phi) is 5.45. The molecule has 3 rings (SSSR count). The molecule has 0 saturated carbocycles. The number of aliphatic hydroxyl groups excluding tert-OH is 1. The first-order valence-corrected chi connectivity index (χ1v) is 8.34. The number of aliphatic hydroxyl groups is 1. The number of morpholine rings is 1. The van der Waals surface area contributed by atoms with Crippen molar-refractivity contribution in [2.24, 2.45) is 0 Å². The van der Waals surface area contributed by atoms with Crippen LogP contribution in [0.3, 0.4) is 0 Å². The summed E-state index contributed by atoms with van der Waals surface area (Å²) < 4.78 is 5.38. The van der Waals surface area contributed by atoms with E-state index in [4.69, 9.17) is 4.74 Å². The quantitative estimate of drug-likeness (QED) is 0.879. The molecule has 0 aliphatic carbocycles. The van der Waals surface area contributed by atoms with Crippen molar-refractivity contribution < 1.29 is 14.9 Å². The van der Waals surface area contributed by atoms with Crippen LogP contribution in [-0.4, -0.2) is 46.4 Å². The summed E-state index contributed by atoms with van der Waals surface area (Å²) in [6.45, 7) is 5.37. The van der Waals surface area contributed by atoms with Crippen molar-refractivity contribution in [3.05, 3.63) is 58.4 Å². The summed E-state index contributed by atoms with van der Waals surface area (Å²) in [5.74, 6) is 0.197. The average molecular weight is 328 g/mol. The van der Waals surface area contributed by atoms with Gasteiger partial charge in [-0.3, -0.25) is 9.88 Å². The van der Waals surface area contributed by atoms with E-state index >= 15 is 0 Å². The zero-order valence-electron chi connectivity index (χ0n) is 14.0. The third kappa shape index (κ3) is 3.75. The second kappa shape index (κ2) is 7.75. The van der Waals surface area contributed by atoms with E-state index in [9.17, 15) is 10.2 Å². The molecule has 1 aromatic carbocycles. The molecule has 2 aromatic rings. The van der Waals surface area contributed by atoms with Gasteiger partial charge in [-0.2, -0.15) is 0 Å². The van der Waals surface area contributed by atoms with Crippen molar-refractivity contribution in [2.75, 3.05) is 26.3 Å². The van der Waals surface area contributed by atoms with Gasteiger partial charge in [0.05, 0.1) is 31.2 Å². The minimum Gasteiger partial charge on any atom is -0.506 e. The first-order chi connectivity index (χ1) is 11.7. The molecule has 2 heterocycles. The maximum absolute atomic E-state index is 10.5. The van der Waals surface area contributed by atoms with Crippen LogP contribution in [0, 0.1) is 6.92 Å². The van der Waals surface area contributed by atoms with Gasteiger partial charge in [-0.05, 0) is 12.5 Å². The van der Waals surface area contributed by atoms with Crippen molar-refractivity contribution in [3.8, 4) is 5.75 Å². The molecule has 0 spiro atoms. The normalized spacial score (nSPS) is 15.6. The molecule has 0 amide bonds. The largest absolute Gasteiger partial charge is 0.506 e. The van der Waals surface area contributed by atoms with Crippen LogP contribution in [0.2, 0.25) is 0 Å². The van der Waals surface area contributed by atoms with E-state index in [-0.39, 0.29) is 12.4 Å². The molecule has 24 heavy (non-hydrogen) atoms. The lowest BCUT2D eigenvalue weighted by molar-refractivity contribution is 0.0336. The third-order valence-electron chi connectivity index (χ3n) is 4.50. The van der Waals surface area contributed by atoms with E-state index in [0.29, 0.717) is 31.9 Å². The molecule has 0 bridgehead atoms. The lowest BCUT2D eigenvalue weighted by Crippen LogP contribution is -2.36. The average Bonchev–Trinajstić information content (AvgIpc) is 2.61. The van der Waals surface area contributed by atoms with Gasteiger partial charge in [-0.1, -0.05) is 30.3 Å². The topological polar surface area (TPSA) is 65.8 Å². The van der Waals surface area contributed by atoms with Gasteiger partial charge >= 0.3 is 0 Å². The Morgan fingerprint density at radius 1 is 1.12 bits per heavy atom. The van der Waals surface area contributed by atoms with E-state index in [1.807, 2.05) is 37.3 Å². The Morgan fingerprint density at radius 3 is 2.50 bits per heavy atom. The van der Waals surface area contributed by atoms with Gasteiger partial charge < -0.3 is 14.9 Å². The fourth-order valence-electron chi connectivity index (χ4n) is 3.13. The summed E-state index contributed by atoms with van der Waals surface area (Å²) >= 11 is 0. The highest BCUT2D eigenvalue weighted by molar-refractivity contribution is 5.45. The van der Waals surface area contributed by atoms with E-state index in [1.165, 1.54) is 0 Å². The SMILES string of the molecule is Cc1nc(Cc2ccccc2)c(CO)c(CN2CCOCC2)c1O. The molecular formula is C19H24N2O3. The third-order valence-corrected chi connectivity index (χ3v) is 4.50. The Morgan fingerprint density at radius 2 is 1.83 bits per heavy atom. The first kappa shape index (κ1) is 16.9. The van der Waals surface area contributed by atoms with Crippen molar-refractivity contribution >= 4 is 0 Å². The number of ether oxygens (including phenoxy) is 1. The number of aromatic nitrogens is 1. The lowest BCUT2D eigenvalue weighted by atomic mass is 9.99. The Hall–Kier alpha value is -1.95. The van der Waals surface area contributed by atoms with Gasteiger partial charge in [0.2, 0.25) is 0 Å². The summed E-state index contributed by atoms with van der Waals surface area (Å²) in [6, 6.07) is 10.1. The van der Waals surface area contributed by atoms with E-state index in [0.717, 1.165) is 35.5 Å². The standard InChI is InChI=1S/C19H24N2O3/c1-14-19(23)16(12-21-7-9-24-10-8-21)17(13-22)18(20-14)11-15-5-3-2-4-6-15/h2-6,22-23H,7-13H2,1H3. The summed E-state index contributed by atoms with van der Waals surface area (Å²) in [7, 11) is 0. The van der Waals surface area contributed by atoms with Crippen LogP contribution in [0.25, 0.3) is 0 Å². The van der Waals surface area contributed by atoms with Crippen molar-refractivity contribution in [1.82, 2.24) is 9.88 Å². The molecule has 1 aliphatic heterocycles. The molecule has 1 fully saturated rings. The van der Waals surface area contributed by atoms with Crippen LogP contribution >= 0.6 is 0 Å². The predicted molar refractivity (Wildman–Crippen MR) is 91.9 cm³/mol. The lowest BCUT2D eigenvalue weighted by Gasteiger charge is -2.28. The van der Waals surface area contributed by atoms with Gasteiger partial charge in [0.15, 0.2) is 0 Å². The molecule has 1 aromatic heterocycles. The zero-order valence-corrected chi connectivity index (χ0v) is 14.0. The number of nitrogens with zero attached hydrogens (tertiary/aromatic N) is 2. The highest BCUT2D eigenvalue weighted by atomic mass is 16.5. The number of aromatic hydroxyl groups is 1. The molecule has 0 unspecified atom stereocenters. The molecule has 5 nitrogen and oxygen atoms in total. The van der Waals surface area contributed by atoms with Crippen molar-refractivity contribution in [1.29, 1.82) is 0 Å². The van der Waals surface area contributed by atoms with E-state index < -0.39 is 0 Å². The number of rotatable bonds is 5. The molecule has 0 atom stereocenters. The monoisotopic (exact) mass is 328 g/mol. The van der Waals surface area contributed by atoms with E-state index in [1.54, 1.807) is 0 Å². The van der Waals surface area contributed by atoms with E-state index in [2.05, 4.69) is 9.88 Å². The number of aryl methyl sites for hydroxylation is 1. The second-order valence-electron chi connectivity index (χ2n) is 6.16. The van der Waals surface area contributed by atoms with Crippen molar-refractivity contribution in [2.45, 2.75) is 26.5 Å². The predicted octanol–water partition coefficient (Wildman–Crippen LogP) is 2.01. The fraction of sp³-hybridized carbons (Fsp3) is 0.421. The minimum absolute atomic E-state index is 0.122. The molecular weight excluding hydrogens is 304 g/mol. The second-order valence-corrected chi connectivity index (χ2v) is 6.16. The highest BCUT2D eigenvalue weighted by Gasteiger charge is 2.20. The van der Waals surface area contributed by atoms with Gasteiger partial charge in [-0.25, -0.2) is 0 Å². The van der Waals surface area contributed by atoms with Crippen LogP contribution in [0.15, 0.2) is 30.3 Å². The summed E-state index contributed by atoms with van der Waals surface area (Å²) in [6.07, 6.45) is 0.647. The highest BCUT2D eigenvalue weighted by Crippen LogP contribution is 2.29. The van der Waals surface area contributed by atoms with Gasteiger partial charge in [0, 0.05) is 37.2 Å². The maximum Gasteiger partial charge on any atom is 0.141 e. The molecule has 0 radical (unpaired) electrons. The number of hydrogen-bond donors (Lipinski definition) is 2. The van der Waals surface area contributed by atoms with Crippen LogP contribution in [0.4, 0.5) is 0 Å². The Balaban J connectivity index is 1.94. The van der Waals surface area contributed by atoms with Gasteiger partial charge in [0.25, 0.3) is 0 Å². The maximum atomic E-state index is 10.5. The van der Waals surface area contributed by atoms with Crippen molar-refractivity contribution in [3.63, 3.8) is 0 Å². The van der Waals surface area contributed by atoms with Crippen LogP contribution in [-0.2, 0) is 24.3 Å². The Bertz CT molecular complexity index is 683. The van der Waals surface area contributed by atoms with Gasteiger partial charge in [-0.15, -0.1) is 0 Å². The van der Waals surface area contributed by atoms with Crippen LogP contribution in [0.1, 0.15) is 28.1 Å². The molecule has 1 aliphatic rings. The van der Waals surface area contributed by atoms with Crippen LogP contribution < -0.4 is 0 Å². The minimum atomic E-state index is -0.122. The Labute approximate surface area is 142 Å². The number of pyridine rings is 1. The smallest absolute Gasteiger partial charge is 0.141 e.